The molecule has 0 aliphatic carbocycles. The maximum absolute atomic E-state index is 12.4. The molecule has 1 saturated heterocycles. The summed E-state index contributed by atoms with van der Waals surface area (Å²) in [6.07, 6.45) is 1.53. The minimum absolute atomic E-state index is 0.115. The number of hydrogen-bond donors (Lipinski definition) is 1. The van der Waals surface area contributed by atoms with Crippen LogP contribution < -0.4 is 5.32 Å². The molecule has 1 aliphatic rings. The van der Waals surface area contributed by atoms with Crippen LogP contribution in [0.4, 0.5) is 0 Å². The van der Waals surface area contributed by atoms with Crippen molar-refractivity contribution in [1.29, 1.82) is 0 Å². The van der Waals surface area contributed by atoms with Gasteiger partial charge in [-0.1, -0.05) is 13.8 Å². The smallest absolute Gasteiger partial charge is 0.254 e. The number of amides is 1. The lowest BCUT2D eigenvalue weighted by Gasteiger charge is -2.25. The molecule has 1 aliphatic heterocycles. The van der Waals surface area contributed by atoms with E-state index in [0.29, 0.717) is 24.6 Å². The zero-order valence-electron chi connectivity index (χ0n) is 15.0. The normalized spacial score (nSPS) is 15.7. The van der Waals surface area contributed by atoms with Crippen LogP contribution in [0.5, 0.6) is 0 Å². The van der Waals surface area contributed by atoms with Crippen molar-refractivity contribution in [3.05, 3.63) is 39.2 Å². The van der Waals surface area contributed by atoms with Crippen LogP contribution in [0.2, 0.25) is 0 Å². The van der Waals surface area contributed by atoms with Gasteiger partial charge in [0.1, 0.15) is 12.0 Å². The molecule has 7 heteroatoms. The van der Waals surface area contributed by atoms with Gasteiger partial charge in [0.05, 0.1) is 42.6 Å². The fourth-order valence-corrected chi connectivity index (χ4v) is 3.69. The summed E-state index contributed by atoms with van der Waals surface area (Å²) >= 11 is 1.67. The van der Waals surface area contributed by atoms with E-state index in [2.05, 4.69) is 29.0 Å². The van der Waals surface area contributed by atoms with E-state index in [9.17, 15) is 4.79 Å². The molecule has 0 radical (unpaired) electrons. The average Bonchev–Trinajstić information content (AvgIpc) is 3.20. The first-order valence-electron chi connectivity index (χ1n) is 8.65. The second-order valence-electron chi connectivity index (χ2n) is 6.59. The summed E-state index contributed by atoms with van der Waals surface area (Å²) in [6.45, 7) is 10.7. The molecule has 0 aromatic carbocycles. The van der Waals surface area contributed by atoms with Crippen molar-refractivity contribution in [2.45, 2.75) is 39.8 Å². The Morgan fingerprint density at radius 2 is 2.16 bits per heavy atom. The van der Waals surface area contributed by atoms with Crippen LogP contribution in [0, 0.1) is 6.92 Å². The monoisotopic (exact) mass is 363 g/mol. The zero-order valence-corrected chi connectivity index (χ0v) is 15.8. The van der Waals surface area contributed by atoms with Crippen LogP contribution in [-0.2, 0) is 17.8 Å². The molecule has 0 bridgehead atoms. The molecule has 1 amide bonds. The Morgan fingerprint density at radius 3 is 2.84 bits per heavy atom. The van der Waals surface area contributed by atoms with Crippen molar-refractivity contribution in [2.24, 2.45) is 0 Å². The molecule has 0 atom stereocenters. The zero-order chi connectivity index (χ0) is 17.8. The summed E-state index contributed by atoms with van der Waals surface area (Å²) < 4.78 is 10.9. The minimum Gasteiger partial charge on any atom is -0.467 e. The number of carbonyl (C=O) groups is 1. The molecule has 1 N–H and O–H groups in total. The lowest BCUT2D eigenvalue weighted by molar-refractivity contribution is 0.0313. The lowest BCUT2D eigenvalue weighted by Crippen LogP contribution is -2.35. The SMILES string of the molecule is Cc1nc(C(C)C)sc1CNC(=O)c1coc(CN2CCOCC2)c1. The first-order chi connectivity index (χ1) is 12.0. The van der Waals surface area contributed by atoms with E-state index in [1.54, 1.807) is 11.3 Å². The van der Waals surface area contributed by atoms with E-state index >= 15 is 0 Å². The van der Waals surface area contributed by atoms with Crippen molar-refractivity contribution in [1.82, 2.24) is 15.2 Å². The molecule has 6 nitrogen and oxygen atoms in total. The molecule has 0 spiro atoms. The van der Waals surface area contributed by atoms with Crippen LogP contribution in [0.25, 0.3) is 0 Å². The minimum atomic E-state index is -0.115. The van der Waals surface area contributed by atoms with Crippen LogP contribution in [0.15, 0.2) is 16.7 Å². The van der Waals surface area contributed by atoms with Gasteiger partial charge in [-0.3, -0.25) is 9.69 Å². The van der Waals surface area contributed by atoms with Crippen molar-refractivity contribution in [3.63, 3.8) is 0 Å². The molecule has 136 valence electrons. The molecule has 25 heavy (non-hydrogen) atoms. The summed E-state index contributed by atoms with van der Waals surface area (Å²) in [6, 6.07) is 1.82. The van der Waals surface area contributed by atoms with Gasteiger partial charge in [-0.2, -0.15) is 0 Å². The molecule has 2 aromatic rings. The molecule has 3 heterocycles. The van der Waals surface area contributed by atoms with Crippen molar-refractivity contribution in [3.8, 4) is 0 Å². The molecular weight excluding hydrogens is 338 g/mol. The fraction of sp³-hybridized carbons (Fsp3) is 0.556. The summed E-state index contributed by atoms with van der Waals surface area (Å²) in [5, 5.41) is 4.07. The van der Waals surface area contributed by atoms with Crippen molar-refractivity contribution < 1.29 is 13.9 Å². The molecule has 2 aromatic heterocycles. The highest BCUT2D eigenvalue weighted by molar-refractivity contribution is 7.11. The number of furan rings is 1. The third-order valence-corrected chi connectivity index (χ3v) is 5.67. The second-order valence-corrected chi connectivity index (χ2v) is 7.70. The number of hydrogen-bond acceptors (Lipinski definition) is 6. The van der Waals surface area contributed by atoms with Gasteiger partial charge < -0.3 is 14.5 Å². The standard InChI is InChI=1S/C18H25N3O3S/c1-12(2)18-20-13(3)16(25-18)9-19-17(22)14-8-15(24-11-14)10-21-4-6-23-7-5-21/h8,11-12H,4-7,9-10H2,1-3H3,(H,19,22). The average molecular weight is 363 g/mol. The quantitative estimate of drug-likeness (QED) is 0.855. The Balaban J connectivity index is 1.54. The number of carbonyl (C=O) groups excluding carboxylic acids is 1. The van der Waals surface area contributed by atoms with E-state index < -0.39 is 0 Å². The molecule has 3 rings (SSSR count). The van der Waals surface area contributed by atoms with E-state index in [-0.39, 0.29) is 5.91 Å². The molecular formula is C18H25N3O3S. The highest BCUT2D eigenvalue weighted by Gasteiger charge is 2.16. The highest BCUT2D eigenvalue weighted by atomic mass is 32.1. The summed E-state index contributed by atoms with van der Waals surface area (Å²) in [5.74, 6) is 1.10. The van der Waals surface area contributed by atoms with Gasteiger partial charge in [-0.15, -0.1) is 11.3 Å². The number of aryl methyl sites for hydroxylation is 1. The number of morpholine rings is 1. The topological polar surface area (TPSA) is 67.6 Å². The third kappa shape index (κ3) is 4.68. The van der Waals surface area contributed by atoms with E-state index in [0.717, 1.165) is 47.6 Å². The lowest BCUT2D eigenvalue weighted by atomic mass is 10.2. The number of aromatic nitrogens is 1. The summed E-state index contributed by atoms with van der Waals surface area (Å²) in [4.78, 5) is 20.3. The van der Waals surface area contributed by atoms with Crippen LogP contribution in [0.1, 0.15) is 51.5 Å². The number of rotatable bonds is 6. The first-order valence-corrected chi connectivity index (χ1v) is 9.46. The maximum Gasteiger partial charge on any atom is 0.254 e. The number of nitrogens with one attached hydrogen (secondary N) is 1. The maximum atomic E-state index is 12.4. The highest BCUT2D eigenvalue weighted by Crippen LogP contribution is 2.24. The predicted molar refractivity (Wildman–Crippen MR) is 96.9 cm³/mol. The van der Waals surface area contributed by atoms with Crippen LogP contribution in [0.3, 0.4) is 0 Å². The Kier molecular flexibility index (Phi) is 5.88. The Morgan fingerprint density at radius 1 is 1.40 bits per heavy atom. The second kappa shape index (κ2) is 8.12. The van der Waals surface area contributed by atoms with Gasteiger partial charge in [0.2, 0.25) is 0 Å². The molecule has 0 saturated carbocycles. The van der Waals surface area contributed by atoms with E-state index in [4.69, 9.17) is 9.15 Å². The fourth-order valence-electron chi connectivity index (χ4n) is 2.69. The third-order valence-electron chi connectivity index (χ3n) is 4.21. The van der Waals surface area contributed by atoms with Gasteiger partial charge >= 0.3 is 0 Å². The number of ether oxygens (including phenoxy) is 1. The Hall–Kier alpha value is -1.70. The van der Waals surface area contributed by atoms with Crippen molar-refractivity contribution >= 4 is 17.2 Å². The van der Waals surface area contributed by atoms with Crippen LogP contribution >= 0.6 is 11.3 Å². The largest absolute Gasteiger partial charge is 0.467 e. The summed E-state index contributed by atoms with van der Waals surface area (Å²) in [7, 11) is 0. The van der Waals surface area contributed by atoms with Gasteiger partial charge in [0.15, 0.2) is 0 Å². The van der Waals surface area contributed by atoms with Gasteiger partial charge in [-0.25, -0.2) is 4.98 Å². The van der Waals surface area contributed by atoms with Crippen molar-refractivity contribution in [2.75, 3.05) is 26.3 Å². The van der Waals surface area contributed by atoms with Gasteiger partial charge in [-0.05, 0) is 13.0 Å². The van der Waals surface area contributed by atoms with Gasteiger partial charge in [0.25, 0.3) is 5.91 Å². The summed E-state index contributed by atoms with van der Waals surface area (Å²) in [5.41, 5.74) is 1.56. The van der Waals surface area contributed by atoms with E-state index in [1.165, 1.54) is 6.26 Å². The molecule has 0 unspecified atom stereocenters. The van der Waals surface area contributed by atoms with E-state index in [1.807, 2.05) is 13.0 Å². The first kappa shape index (κ1) is 18.1. The predicted octanol–water partition coefficient (Wildman–Crippen LogP) is 2.93. The van der Waals surface area contributed by atoms with Crippen LogP contribution in [-0.4, -0.2) is 42.1 Å². The number of nitrogens with zero attached hydrogens (tertiary/aromatic N) is 2. The Labute approximate surface area is 152 Å². The Bertz CT molecular complexity index is 717. The number of thiazole rings is 1. The van der Waals surface area contributed by atoms with Gasteiger partial charge in [0, 0.05) is 23.9 Å². The molecule has 1 fully saturated rings.